The number of fused-ring (bicyclic) bond motifs is 1. The smallest absolute Gasteiger partial charge is 0.199 e. The summed E-state index contributed by atoms with van der Waals surface area (Å²) in [5.41, 5.74) is 3.94. The minimum atomic E-state index is 0.421. The van der Waals surface area contributed by atoms with E-state index in [0.29, 0.717) is 12.7 Å². The largest absolute Gasteiger partial charge is 0.300 e. The summed E-state index contributed by atoms with van der Waals surface area (Å²) >= 11 is 5.70. The lowest BCUT2D eigenvalue weighted by molar-refractivity contribution is 0.182. The lowest BCUT2D eigenvalue weighted by Gasteiger charge is -2.24. The standard InChI is InChI=1S/C20H23N5S/c1-3-24-19(16-10-12-21-13-11-16)22-25(20(24)26)14-23(2)18-9-8-15-6-4-5-7-17(15)18/h4-7,10-13,18H,3,8-9,14H2,1-2H3. The molecule has 4 rings (SSSR count). The van der Waals surface area contributed by atoms with Crippen LogP contribution >= 0.6 is 12.2 Å². The zero-order valence-corrected chi connectivity index (χ0v) is 16.0. The fourth-order valence-electron chi connectivity index (χ4n) is 3.84. The highest BCUT2D eigenvalue weighted by molar-refractivity contribution is 7.71. The maximum absolute atomic E-state index is 5.70. The fourth-order valence-corrected chi connectivity index (χ4v) is 4.15. The van der Waals surface area contributed by atoms with Crippen LogP contribution in [-0.4, -0.2) is 31.3 Å². The highest BCUT2D eigenvalue weighted by Crippen LogP contribution is 2.35. The van der Waals surface area contributed by atoms with E-state index >= 15 is 0 Å². The summed E-state index contributed by atoms with van der Waals surface area (Å²) in [5, 5.41) is 4.82. The summed E-state index contributed by atoms with van der Waals surface area (Å²) in [4.78, 5) is 6.45. The molecule has 0 N–H and O–H groups in total. The predicted molar refractivity (Wildman–Crippen MR) is 105 cm³/mol. The minimum Gasteiger partial charge on any atom is -0.300 e. The van der Waals surface area contributed by atoms with Gasteiger partial charge in [-0.05, 0) is 62.3 Å². The van der Waals surface area contributed by atoms with Crippen LogP contribution in [0.15, 0.2) is 48.8 Å². The van der Waals surface area contributed by atoms with Crippen LogP contribution in [0.1, 0.15) is 30.5 Å². The van der Waals surface area contributed by atoms with Gasteiger partial charge in [0.1, 0.15) is 0 Å². The summed E-state index contributed by atoms with van der Waals surface area (Å²) in [6.07, 6.45) is 5.87. The highest BCUT2D eigenvalue weighted by atomic mass is 32.1. The van der Waals surface area contributed by atoms with Crippen LogP contribution in [0.3, 0.4) is 0 Å². The van der Waals surface area contributed by atoms with Crippen molar-refractivity contribution in [3.05, 3.63) is 64.7 Å². The van der Waals surface area contributed by atoms with Crippen LogP contribution in [0, 0.1) is 4.77 Å². The molecule has 3 aromatic rings. The molecule has 6 heteroatoms. The van der Waals surface area contributed by atoms with E-state index in [1.54, 1.807) is 12.4 Å². The SMILES string of the molecule is CCn1c(-c2ccncc2)nn(CN(C)C2CCc3ccccc32)c1=S. The van der Waals surface area contributed by atoms with Gasteiger partial charge in [0.25, 0.3) is 0 Å². The molecule has 0 aliphatic heterocycles. The molecule has 0 bridgehead atoms. The van der Waals surface area contributed by atoms with Gasteiger partial charge in [-0.1, -0.05) is 24.3 Å². The van der Waals surface area contributed by atoms with Gasteiger partial charge in [-0.2, -0.15) is 5.10 Å². The maximum atomic E-state index is 5.70. The molecule has 134 valence electrons. The first-order chi connectivity index (χ1) is 12.7. The Bertz CT molecular complexity index is 960. The molecule has 26 heavy (non-hydrogen) atoms. The van der Waals surface area contributed by atoms with Gasteiger partial charge in [0, 0.05) is 30.5 Å². The zero-order chi connectivity index (χ0) is 18.1. The molecule has 1 aliphatic rings. The van der Waals surface area contributed by atoms with Crippen molar-refractivity contribution in [2.24, 2.45) is 0 Å². The number of rotatable bonds is 5. The first-order valence-corrected chi connectivity index (χ1v) is 9.46. The number of aromatic nitrogens is 4. The Morgan fingerprint density at radius 2 is 1.96 bits per heavy atom. The van der Waals surface area contributed by atoms with E-state index in [-0.39, 0.29) is 0 Å². The van der Waals surface area contributed by atoms with Crippen molar-refractivity contribution >= 4 is 12.2 Å². The average molecular weight is 366 g/mol. The zero-order valence-electron chi connectivity index (χ0n) is 15.2. The number of nitrogens with zero attached hydrogens (tertiary/aromatic N) is 5. The van der Waals surface area contributed by atoms with Crippen molar-refractivity contribution in [2.45, 2.75) is 39.0 Å². The molecule has 0 spiro atoms. The summed E-state index contributed by atoms with van der Waals surface area (Å²) in [6.45, 7) is 3.58. The molecule has 0 saturated carbocycles. The third kappa shape index (κ3) is 2.99. The topological polar surface area (TPSA) is 38.9 Å². The Hall–Kier alpha value is -2.31. The minimum absolute atomic E-state index is 0.421. The molecule has 1 unspecified atom stereocenters. The normalized spacial score (nSPS) is 16.2. The molecule has 0 radical (unpaired) electrons. The number of pyridine rings is 1. The lowest BCUT2D eigenvalue weighted by atomic mass is 10.1. The van der Waals surface area contributed by atoms with Crippen molar-refractivity contribution in [1.29, 1.82) is 0 Å². The van der Waals surface area contributed by atoms with E-state index < -0.39 is 0 Å². The van der Waals surface area contributed by atoms with Crippen molar-refractivity contribution in [1.82, 2.24) is 24.2 Å². The quantitative estimate of drug-likeness (QED) is 0.639. The van der Waals surface area contributed by atoms with Crippen LogP contribution < -0.4 is 0 Å². The Morgan fingerprint density at radius 3 is 2.73 bits per heavy atom. The second kappa shape index (κ2) is 7.13. The van der Waals surface area contributed by atoms with Gasteiger partial charge in [0.05, 0.1) is 6.67 Å². The van der Waals surface area contributed by atoms with Gasteiger partial charge in [0.2, 0.25) is 0 Å². The highest BCUT2D eigenvalue weighted by Gasteiger charge is 2.26. The molecule has 0 amide bonds. The van der Waals surface area contributed by atoms with Crippen molar-refractivity contribution in [3.8, 4) is 11.4 Å². The summed E-state index contributed by atoms with van der Waals surface area (Å²) in [5.74, 6) is 0.903. The van der Waals surface area contributed by atoms with Crippen LogP contribution in [0.2, 0.25) is 0 Å². The Kier molecular flexibility index (Phi) is 4.70. The predicted octanol–water partition coefficient (Wildman–Crippen LogP) is 4.07. The van der Waals surface area contributed by atoms with Gasteiger partial charge < -0.3 is 4.57 Å². The van der Waals surface area contributed by atoms with Crippen molar-refractivity contribution in [3.63, 3.8) is 0 Å². The third-order valence-corrected chi connectivity index (χ3v) is 5.60. The van der Waals surface area contributed by atoms with E-state index in [2.05, 4.69) is 52.7 Å². The second-order valence-electron chi connectivity index (χ2n) is 6.74. The summed E-state index contributed by atoms with van der Waals surface area (Å²) in [6, 6.07) is 13.1. The molecule has 2 heterocycles. The number of aryl methyl sites for hydroxylation is 1. The van der Waals surface area contributed by atoms with Gasteiger partial charge in [-0.25, -0.2) is 4.68 Å². The van der Waals surface area contributed by atoms with E-state index in [4.69, 9.17) is 17.3 Å². The third-order valence-electron chi connectivity index (χ3n) is 5.17. The lowest BCUT2D eigenvalue weighted by Crippen LogP contribution is -2.26. The second-order valence-corrected chi connectivity index (χ2v) is 7.10. The monoisotopic (exact) mass is 365 g/mol. The van der Waals surface area contributed by atoms with Crippen molar-refractivity contribution in [2.75, 3.05) is 7.05 Å². The van der Waals surface area contributed by atoms with E-state index in [9.17, 15) is 0 Å². The molecule has 1 atom stereocenters. The van der Waals surface area contributed by atoms with Gasteiger partial charge in [-0.15, -0.1) is 0 Å². The van der Waals surface area contributed by atoms with Gasteiger partial charge >= 0.3 is 0 Å². The van der Waals surface area contributed by atoms with Gasteiger partial charge in [-0.3, -0.25) is 9.88 Å². The molecular formula is C20H23N5S. The Labute approximate surface area is 158 Å². The van der Waals surface area contributed by atoms with Crippen molar-refractivity contribution < 1.29 is 0 Å². The fraction of sp³-hybridized carbons (Fsp3) is 0.350. The van der Waals surface area contributed by atoms with E-state index in [1.807, 2.05) is 16.8 Å². The average Bonchev–Trinajstić information content (AvgIpc) is 3.24. The summed E-state index contributed by atoms with van der Waals surface area (Å²) < 4.78 is 4.79. The van der Waals surface area contributed by atoms with Crippen LogP contribution in [-0.2, 0) is 19.6 Å². The Morgan fingerprint density at radius 1 is 1.19 bits per heavy atom. The van der Waals surface area contributed by atoms with Crippen LogP contribution in [0.4, 0.5) is 0 Å². The Balaban J connectivity index is 1.63. The first-order valence-electron chi connectivity index (χ1n) is 9.05. The van der Waals surface area contributed by atoms with E-state index in [1.165, 1.54) is 11.1 Å². The number of benzene rings is 1. The molecule has 1 aromatic carbocycles. The van der Waals surface area contributed by atoms with Crippen LogP contribution in [0.25, 0.3) is 11.4 Å². The number of hydrogen-bond donors (Lipinski definition) is 0. The number of hydrogen-bond acceptors (Lipinski definition) is 4. The molecular weight excluding hydrogens is 342 g/mol. The maximum Gasteiger partial charge on any atom is 0.199 e. The molecule has 0 saturated heterocycles. The molecule has 2 aromatic heterocycles. The van der Waals surface area contributed by atoms with Gasteiger partial charge in [0.15, 0.2) is 10.6 Å². The first kappa shape index (κ1) is 17.1. The molecule has 0 fully saturated rings. The molecule has 5 nitrogen and oxygen atoms in total. The molecule has 1 aliphatic carbocycles. The van der Waals surface area contributed by atoms with E-state index in [0.717, 1.165) is 35.5 Å². The van der Waals surface area contributed by atoms with Crippen LogP contribution in [0.5, 0.6) is 0 Å². The summed E-state index contributed by atoms with van der Waals surface area (Å²) in [7, 11) is 2.16.